The zero-order valence-electron chi connectivity index (χ0n) is 15.7. The molecule has 1 fully saturated rings. The van der Waals surface area contributed by atoms with Crippen LogP contribution in [0.1, 0.15) is 48.8 Å². The highest BCUT2D eigenvalue weighted by Crippen LogP contribution is 2.36. The number of nitrogens with one attached hydrogen (secondary N) is 1. The minimum atomic E-state index is -0.00217. The van der Waals surface area contributed by atoms with Crippen molar-refractivity contribution in [2.24, 2.45) is 0 Å². The number of rotatable bonds is 5. The molecule has 1 aliphatic rings. The fraction of sp³-hybridized carbons (Fsp3) is 0.348. The molecule has 4 rings (SSSR count). The molecule has 4 heteroatoms. The molecule has 0 unspecified atom stereocenters. The zero-order chi connectivity index (χ0) is 18.8. The van der Waals surface area contributed by atoms with Crippen LogP contribution in [0.15, 0.2) is 48.7 Å². The van der Waals surface area contributed by atoms with Crippen LogP contribution in [0.2, 0.25) is 5.02 Å². The number of carbonyl (C=O) groups is 1. The Morgan fingerprint density at radius 2 is 1.96 bits per heavy atom. The van der Waals surface area contributed by atoms with Gasteiger partial charge in [-0.1, -0.05) is 48.9 Å². The summed E-state index contributed by atoms with van der Waals surface area (Å²) in [5.74, 6) is 0.233. The molecular weight excluding hydrogens is 356 g/mol. The summed E-state index contributed by atoms with van der Waals surface area (Å²) in [4.78, 5) is 18.4. The third kappa shape index (κ3) is 3.61. The van der Waals surface area contributed by atoms with E-state index in [1.807, 2.05) is 23.1 Å². The first-order chi connectivity index (χ1) is 13.2. The number of hydrogen-bond donors (Lipinski definition) is 1. The van der Waals surface area contributed by atoms with Crippen LogP contribution in [0.5, 0.6) is 0 Å². The molecule has 2 aromatic carbocycles. The molecule has 27 heavy (non-hydrogen) atoms. The van der Waals surface area contributed by atoms with E-state index in [1.54, 1.807) is 0 Å². The Kier molecular flexibility index (Phi) is 5.22. The first kappa shape index (κ1) is 18.1. The molecule has 1 N–H and O–H groups in total. The predicted molar refractivity (Wildman–Crippen MR) is 111 cm³/mol. The molecule has 1 amide bonds. The summed E-state index contributed by atoms with van der Waals surface area (Å²) in [6, 6.07) is 14.3. The van der Waals surface area contributed by atoms with Gasteiger partial charge in [-0.3, -0.25) is 4.79 Å². The number of amides is 1. The summed E-state index contributed by atoms with van der Waals surface area (Å²) in [6.45, 7) is 3.94. The Hall–Kier alpha value is -2.26. The molecule has 1 aliphatic heterocycles. The van der Waals surface area contributed by atoms with E-state index in [2.05, 4.69) is 42.4 Å². The van der Waals surface area contributed by atoms with Crippen molar-refractivity contribution in [3.63, 3.8) is 0 Å². The molecule has 0 aliphatic carbocycles. The number of nitrogens with zero attached hydrogens (tertiary/aromatic N) is 1. The van der Waals surface area contributed by atoms with Crippen molar-refractivity contribution in [2.45, 2.75) is 38.5 Å². The number of fused-ring (bicyclic) bond motifs is 1. The molecular formula is C23H25ClN2O. The van der Waals surface area contributed by atoms with Crippen molar-refractivity contribution in [1.82, 2.24) is 9.88 Å². The molecule has 0 bridgehead atoms. The quantitative estimate of drug-likeness (QED) is 0.620. The summed E-state index contributed by atoms with van der Waals surface area (Å²) in [5, 5.41) is 1.91. The lowest BCUT2D eigenvalue weighted by Gasteiger charge is -2.21. The largest absolute Gasteiger partial charge is 0.361 e. The molecule has 3 nitrogen and oxygen atoms in total. The number of halogens is 1. The SMILES string of the molecule is CCc1cccc2c([C@@H](CC(=O)N3CCCC3)c3cccc(Cl)c3)c[nH]c12. The Labute approximate surface area is 165 Å². The van der Waals surface area contributed by atoms with Crippen LogP contribution in [-0.2, 0) is 11.2 Å². The molecule has 0 spiro atoms. The maximum atomic E-state index is 13.0. The molecule has 2 heterocycles. The molecule has 0 saturated carbocycles. The second-order valence-electron chi connectivity index (χ2n) is 7.34. The normalized spacial score (nSPS) is 15.4. The van der Waals surface area contributed by atoms with Crippen molar-refractivity contribution in [1.29, 1.82) is 0 Å². The van der Waals surface area contributed by atoms with Crippen LogP contribution in [0.4, 0.5) is 0 Å². The van der Waals surface area contributed by atoms with Crippen LogP contribution in [0.3, 0.4) is 0 Å². The average Bonchev–Trinajstić information content (AvgIpc) is 3.35. The highest BCUT2D eigenvalue weighted by molar-refractivity contribution is 6.30. The first-order valence-electron chi connectivity index (χ1n) is 9.79. The Morgan fingerprint density at radius 1 is 1.19 bits per heavy atom. The minimum absolute atomic E-state index is 0.00217. The molecule has 1 saturated heterocycles. The number of aryl methyl sites for hydroxylation is 1. The lowest BCUT2D eigenvalue weighted by atomic mass is 9.87. The number of benzene rings is 2. The Balaban J connectivity index is 1.77. The van der Waals surface area contributed by atoms with E-state index in [4.69, 9.17) is 11.6 Å². The van der Waals surface area contributed by atoms with Gasteiger partial charge in [0, 0.05) is 47.6 Å². The van der Waals surface area contributed by atoms with Gasteiger partial charge in [-0.25, -0.2) is 0 Å². The van der Waals surface area contributed by atoms with Crippen molar-refractivity contribution in [2.75, 3.05) is 13.1 Å². The van der Waals surface area contributed by atoms with Gasteiger partial charge in [0.05, 0.1) is 0 Å². The van der Waals surface area contributed by atoms with Crippen LogP contribution < -0.4 is 0 Å². The number of para-hydroxylation sites is 1. The number of carbonyl (C=O) groups excluding carboxylic acids is 1. The summed E-state index contributed by atoms with van der Waals surface area (Å²) >= 11 is 6.28. The number of likely N-dealkylation sites (tertiary alicyclic amines) is 1. The van der Waals surface area contributed by atoms with Gasteiger partial charge >= 0.3 is 0 Å². The van der Waals surface area contributed by atoms with Gasteiger partial charge in [0.2, 0.25) is 5.91 Å². The maximum absolute atomic E-state index is 13.0. The van der Waals surface area contributed by atoms with Gasteiger partial charge in [0.15, 0.2) is 0 Å². The number of hydrogen-bond acceptors (Lipinski definition) is 1. The fourth-order valence-corrected chi connectivity index (χ4v) is 4.42. The fourth-order valence-electron chi connectivity index (χ4n) is 4.22. The first-order valence-corrected chi connectivity index (χ1v) is 10.2. The van der Waals surface area contributed by atoms with Crippen LogP contribution >= 0.6 is 11.6 Å². The van der Waals surface area contributed by atoms with Crippen molar-refractivity contribution < 1.29 is 4.79 Å². The molecule has 140 valence electrons. The monoisotopic (exact) mass is 380 g/mol. The number of aromatic nitrogens is 1. The lowest BCUT2D eigenvalue weighted by Crippen LogP contribution is -2.29. The molecule has 3 aromatic rings. The Bertz CT molecular complexity index is 956. The van der Waals surface area contributed by atoms with Crippen LogP contribution in [-0.4, -0.2) is 28.9 Å². The van der Waals surface area contributed by atoms with Crippen molar-refractivity contribution in [3.8, 4) is 0 Å². The van der Waals surface area contributed by atoms with E-state index in [-0.39, 0.29) is 11.8 Å². The minimum Gasteiger partial charge on any atom is -0.361 e. The molecule has 1 atom stereocenters. The highest BCUT2D eigenvalue weighted by Gasteiger charge is 2.26. The van der Waals surface area contributed by atoms with Gasteiger partial charge in [0.1, 0.15) is 0 Å². The Morgan fingerprint density at radius 3 is 2.70 bits per heavy atom. The molecule has 1 aromatic heterocycles. The van der Waals surface area contributed by atoms with Gasteiger partial charge in [-0.2, -0.15) is 0 Å². The second-order valence-corrected chi connectivity index (χ2v) is 7.77. The van der Waals surface area contributed by atoms with E-state index >= 15 is 0 Å². The van der Waals surface area contributed by atoms with E-state index in [0.717, 1.165) is 37.9 Å². The standard InChI is InChI=1S/C23H25ClN2O/c1-2-16-7-6-10-19-21(15-25-23(16)19)20(17-8-5-9-18(24)13-17)14-22(27)26-11-3-4-12-26/h5-10,13,15,20,25H,2-4,11-12,14H2,1H3/t20-/m0/s1. The zero-order valence-corrected chi connectivity index (χ0v) is 16.4. The average molecular weight is 381 g/mol. The topological polar surface area (TPSA) is 36.1 Å². The molecule has 0 radical (unpaired) electrons. The summed E-state index contributed by atoms with van der Waals surface area (Å²) in [7, 11) is 0. The lowest BCUT2D eigenvalue weighted by molar-refractivity contribution is -0.130. The second kappa shape index (κ2) is 7.77. The smallest absolute Gasteiger partial charge is 0.223 e. The van der Waals surface area contributed by atoms with Gasteiger partial charge in [-0.15, -0.1) is 0 Å². The number of aromatic amines is 1. The third-order valence-corrected chi connectivity index (χ3v) is 5.91. The van der Waals surface area contributed by atoms with E-state index in [9.17, 15) is 4.79 Å². The van der Waals surface area contributed by atoms with E-state index in [0.29, 0.717) is 11.4 Å². The predicted octanol–water partition coefficient (Wildman–Crippen LogP) is 5.53. The van der Waals surface area contributed by atoms with Crippen molar-refractivity contribution in [3.05, 3.63) is 70.4 Å². The van der Waals surface area contributed by atoms with E-state index in [1.165, 1.54) is 22.0 Å². The van der Waals surface area contributed by atoms with Crippen molar-refractivity contribution >= 4 is 28.4 Å². The third-order valence-electron chi connectivity index (χ3n) is 5.68. The van der Waals surface area contributed by atoms with Crippen LogP contribution in [0.25, 0.3) is 10.9 Å². The highest BCUT2D eigenvalue weighted by atomic mass is 35.5. The number of H-pyrrole nitrogens is 1. The summed E-state index contributed by atoms with van der Waals surface area (Å²) in [6.07, 6.45) is 5.75. The van der Waals surface area contributed by atoms with E-state index < -0.39 is 0 Å². The summed E-state index contributed by atoms with van der Waals surface area (Å²) in [5.41, 5.74) is 4.75. The van der Waals surface area contributed by atoms with Gasteiger partial charge in [-0.05, 0) is 48.1 Å². The maximum Gasteiger partial charge on any atom is 0.223 e. The summed E-state index contributed by atoms with van der Waals surface area (Å²) < 4.78 is 0. The van der Waals surface area contributed by atoms with Gasteiger partial charge < -0.3 is 9.88 Å². The van der Waals surface area contributed by atoms with Gasteiger partial charge in [0.25, 0.3) is 0 Å². The van der Waals surface area contributed by atoms with Crippen LogP contribution in [0, 0.1) is 0 Å².